The summed E-state index contributed by atoms with van der Waals surface area (Å²) in [6.07, 6.45) is 0.458. The van der Waals surface area contributed by atoms with E-state index in [2.05, 4.69) is 0 Å². The molecule has 96 valence electrons. The maximum absolute atomic E-state index is 11.3. The van der Waals surface area contributed by atoms with Gasteiger partial charge in [-0.15, -0.1) is 0 Å². The molecule has 0 amide bonds. The van der Waals surface area contributed by atoms with Crippen molar-refractivity contribution in [3.63, 3.8) is 0 Å². The molecular formula is C10H21NO5. The van der Waals surface area contributed by atoms with Gasteiger partial charge in [-0.05, 0) is 6.42 Å². The normalized spacial score (nSPS) is 12.4. The van der Waals surface area contributed by atoms with Gasteiger partial charge in [0.25, 0.3) is 0 Å². The van der Waals surface area contributed by atoms with Crippen molar-refractivity contribution in [1.82, 2.24) is 0 Å². The minimum Gasteiger partial charge on any atom is -0.462 e. The first-order chi connectivity index (χ1) is 7.72. The van der Waals surface area contributed by atoms with Crippen LogP contribution in [0.5, 0.6) is 0 Å². The molecule has 0 aromatic carbocycles. The van der Waals surface area contributed by atoms with Crippen molar-refractivity contribution in [2.24, 2.45) is 5.73 Å². The molecule has 6 heteroatoms. The van der Waals surface area contributed by atoms with E-state index in [-0.39, 0.29) is 6.61 Å². The van der Waals surface area contributed by atoms with Gasteiger partial charge in [0.05, 0.1) is 19.8 Å². The van der Waals surface area contributed by atoms with E-state index in [4.69, 9.17) is 24.7 Å². The number of carbonyl (C=O) groups is 1. The van der Waals surface area contributed by atoms with Crippen molar-refractivity contribution in [3.05, 3.63) is 0 Å². The molecular weight excluding hydrogens is 214 g/mol. The lowest BCUT2D eigenvalue weighted by atomic mass is 10.2. The van der Waals surface area contributed by atoms with Crippen molar-refractivity contribution in [2.75, 3.05) is 47.3 Å². The van der Waals surface area contributed by atoms with Gasteiger partial charge in [0, 0.05) is 20.8 Å². The highest BCUT2D eigenvalue weighted by atomic mass is 16.6. The number of carbonyl (C=O) groups excluding carboxylic acids is 1. The maximum Gasteiger partial charge on any atom is 0.323 e. The van der Waals surface area contributed by atoms with Crippen LogP contribution >= 0.6 is 0 Å². The first-order valence-corrected chi connectivity index (χ1v) is 5.20. The molecule has 0 saturated heterocycles. The lowest BCUT2D eigenvalue weighted by Gasteiger charge is -2.10. The Morgan fingerprint density at radius 3 is 2.31 bits per heavy atom. The van der Waals surface area contributed by atoms with Crippen LogP contribution in [0.15, 0.2) is 0 Å². The van der Waals surface area contributed by atoms with Gasteiger partial charge in [0.2, 0.25) is 0 Å². The third-order valence-electron chi connectivity index (χ3n) is 1.84. The molecule has 0 bridgehead atoms. The molecule has 0 spiro atoms. The number of rotatable bonds is 10. The number of hydrogen-bond acceptors (Lipinski definition) is 6. The van der Waals surface area contributed by atoms with Crippen LogP contribution in [-0.4, -0.2) is 59.3 Å². The molecule has 0 fully saturated rings. The molecule has 0 heterocycles. The highest BCUT2D eigenvalue weighted by Gasteiger charge is 2.13. The molecule has 0 aromatic heterocycles. The van der Waals surface area contributed by atoms with Crippen LogP contribution in [-0.2, 0) is 23.7 Å². The second-order valence-corrected chi connectivity index (χ2v) is 3.16. The van der Waals surface area contributed by atoms with Crippen molar-refractivity contribution in [1.29, 1.82) is 0 Å². The van der Waals surface area contributed by atoms with E-state index >= 15 is 0 Å². The highest BCUT2D eigenvalue weighted by molar-refractivity contribution is 5.75. The zero-order valence-electron chi connectivity index (χ0n) is 9.94. The van der Waals surface area contributed by atoms with Gasteiger partial charge < -0.3 is 24.7 Å². The van der Waals surface area contributed by atoms with Crippen LogP contribution < -0.4 is 5.73 Å². The van der Waals surface area contributed by atoms with E-state index in [1.54, 1.807) is 14.2 Å². The summed E-state index contributed by atoms with van der Waals surface area (Å²) in [5.41, 5.74) is 5.55. The Hall–Kier alpha value is -0.690. The van der Waals surface area contributed by atoms with Crippen molar-refractivity contribution in [3.8, 4) is 0 Å². The number of esters is 1. The fraction of sp³-hybridized carbons (Fsp3) is 0.900. The van der Waals surface area contributed by atoms with E-state index in [0.717, 1.165) is 0 Å². The molecule has 0 saturated carbocycles. The summed E-state index contributed by atoms with van der Waals surface area (Å²) in [5.74, 6) is -0.424. The molecule has 0 rings (SSSR count). The molecule has 1 unspecified atom stereocenters. The van der Waals surface area contributed by atoms with Gasteiger partial charge in [-0.3, -0.25) is 4.79 Å². The fourth-order valence-corrected chi connectivity index (χ4v) is 0.915. The van der Waals surface area contributed by atoms with Gasteiger partial charge in [-0.2, -0.15) is 0 Å². The molecule has 0 aliphatic heterocycles. The summed E-state index contributed by atoms with van der Waals surface area (Å²) in [4.78, 5) is 11.3. The summed E-state index contributed by atoms with van der Waals surface area (Å²) < 4.78 is 19.6. The zero-order valence-corrected chi connectivity index (χ0v) is 9.94. The Balaban J connectivity index is 3.35. The minimum atomic E-state index is -0.626. The Morgan fingerprint density at radius 1 is 1.06 bits per heavy atom. The van der Waals surface area contributed by atoms with Gasteiger partial charge in [0.1, 0.15) is 12.6 Å². The Morgan fingerprint density at radius 2 is 1.69 bits per heavy atom. The first-order valence-electron chi connectivity index (χ1n) is 5.20. The quantitative estimate of drug-likeness (QED) is 0.408. The van der Waals surface area contributed by atoms with Crippen LogP contribution in [0.3, 0.4) is 0 Å². The van der Waals surface area contributed by atoms with Crippen LogP contribution in [0.4, 0.5) is 0 Å². The highest BCUT2D eigenvalue weighted by Crippen LogP contribution is 1.93. The van der Waals surface area contributed by atoms with E-state index in [0.29, 0.717) is 32.8 Å². The van der Waals surface area contributed by atoms with Crippen LogP contribution in [0.25, 0.3) is 0 Å². The number of nitrogens with two attached hydrogens (primary N) is 1. The Kier molecular flexibility index (Phi) is 10.3. The van der Waals surface area contributed by atoms with E-state index in [1.807, 2.05) is 0 Å². The smallest absolute Gasteiger partial charge is 0.323 e. The fourth-order valence-electron chi connectivity index (χ4n) is 0.915. The molecule has 1 atom stereocenters. The van der Waals surface area contributed by atoms with Crippen LogP contribution in [0.1, 0.15) is 6.42 Å². The molecule has 6 nitrogen and oxygen atoms in total. The molecule has 0 aliphatic carbocycles. The first kappa shape index (κ1) is 15.3. The van der Waals surface area contributed by atoms with E-state index in [9.17, 15) is 4.79 Å². The molecule has 2 N–H and O–H groups in total. The number of hydrogen-bond donors (Lipinski definition) is 1. The summed E-state index contributed by atoms with van der Waals surface area (Å²) in [6, 6.07) is -0.626. The SMILES string of the molecule is COCCOCCOC(=O)C(N)CCOC. The average Bonchev–Trinajstić information content (AvgIpc) is 2.30. The zero-order chi connectivity index (χ0) is 12.2. The van der Waals surface area contributed by atoms with E-state index < -0.39 is 12.0 Å². The van der Waals surface area contributed by atoms with Gasteiger partial charge in [0.15, 0.2) is 0 Å². The third kappa shape index (κ3) is 8.60. The predicted molar refractivity (Wildman–Crippen MR) is 58.1 cm³/mol. The lowest BCUT2D eigenvalue weighted by molar-refractivity contribution is -0.147. The van der Waals surface area contributed by atoms with E-state index in [1.165, 1.54) is 0 Å². The molecule has 0 aromatic rings. The maximum atomic E-state index is 11.3. The van der Waals surface area contributed by atoms with Gasteiger partial charge in [-0.1, -0.05) is 0 Å². The summed E-state index contributed by atoms with van der Waals surface area (Å²) in [7, 11) is 3.15. The van der Waals surface area contributed by atoms with Crippen molar-refractivity contribution >= 4 is 5.97 Å². The standard InChI is InChI=1S/C10H21NO5/c1-13-4-3-9(11)10(12)16-8-7-15-6-5-14-2/h9H,3-8,11H2,1-2H3. The van der Waals surface area contributed by atoms with Gasteiger partial charge >= 0.3 is 5.97 Å². The summed E-state index contributed by atoms with van der Waals surface area (Å²) in [6.45, 7) is 2.03. The lowest BCUT2D eigenvalue weighted by Crippen LogP contribution is -2.34. The molecule has 0 radical (unpaired) electrons. The molecule has 0 aliphatic rings. The Bertz CT molecular complexity index is 177. The van der Waals surface area contributed by atoms with Crippen LogP contribution in [0.2, 0.25) is 0 Å². The van der Waals surface area contributed by atoms with Crippen molar-refractivity contribution in [2.45, 2.75) is 12.5 Å². The minimum absolute atomic E-state index is 0.212. The topological polar surface area (TPSA) is 80.0 Å². The number of ether oxygens (including phenoxy) is 4. The van der Waals surface area contributed by atoms with Crippen molar-refractivity contribution < 1.29 is 23.7 Å². The average molecular weight is 235 g/mol. The third-order valence-corrected chi connectivity index (χ3v) is 1.84. The second kappa shape index (κ2) is 10.8. The Labute approximate surface area is 96.0 Å². The number of methoxy groups -OCH3 is 2. The monoisotopic (exact) mass is 235 g/mol. The second-order valence-electron chi connectivity index (χ2n) is 3.16. The molecule has 16 heavy (non-hydrogen) atoms. The predicted octanol–water partition coefficient (Wildman–Crippen LogP) is -0.444. The largest absolute Gasteiger partial charge is 0.462 e. The summed E-state index contributed by atoms with van der Waals surface area (Å²) >= 11 is 0. The van der Waals surface area contributed by atoms with Crippen LogP contribution in [0, 0.1) is 0 Å². The van der Waals surface area contributed by atoms with Gasteiger partial charge in [-0.25, -0.2) is 0 Å². The summed E-state index contributed by atoms with van der Waals surface area (Å²) in [5, 5.41) is 0.